The van der Waals surface area contributed by atoms with E-state index < -0.39 is 5.91 Å². The van der Waals surface area contributed by atoms with Crippen LogP contribution < -0.4 is 10.1 Å². The highest BCUT2D eigenvalue weighted by Gasteiger charge is 2.13. The van der Waals surface area contributed by atoms with E-state index in [1.165, 1.54) is 12.1 Å². The Morgan fingerprint density at radius 1 is 1.06 bits per heavy atom. The lowest BCUT2D eigenvalue weighted by Gasteiger charge is -2.12. The fraction of sp³-hybridized carbons (Fsp3) is 0.0833. The molecule has 31 heavy (non-hydrogen) atoms. The minimum atomic E-state index is -0.460. The lowest BCUT2D eigenvalue weighted by Crippen LogP contribution is -2.23. The van der Waals surface area contributed by atoms with Gasteiger partial charge in [0.1, 0.15) is 29.8 Å². The molecule has 1 N–H and O–H groups in total. The van der Waals surface area contributed by atoms with Crippen molar-refractivity contribution in [3.8, 4) is 11.8 Å². The van der Waals surface area contributed by atoms with Crippen molar-refractivity contribution in [2.24, 2.45) is 0 Å². The van der Waals surface area contributed by atoms with Gasteiger partial charge in [0, 0.05) is 12.1 Å². The molecule has 0 aliphatic carbocycles. The van der Waals surface area contributed by atoms with Gasteiger partial charge in [0.25, 0.3) is 5.91 Å². The summed E-state index contributed by atoms with van der Waals surface area (Å²) < 4.78 is 20.8. The van der Waals surface area contributed by atoms with Gasteiger partial charge in [0.05, 0.1) is 8.95 Å². The molecule has 0 unspecified atom stereocenters. The number of carbonyl (C=O) groups excluding carboxylic acids is 1. The van der Waals surface area contributed by atoms with Gasteiger partial charge in [-0.2, -0.15) is 5.26 Å². The number of halogens is 3. The summed E-state index contributed by atoms with van der Waals surface area (Å²) in [6.07, 6.45) is 1.50. The van der Waals surface area contributed by atoms with Gasteiger partial charge in [-0.1, -0.05) is 48.5 Å². The first kappa shape index (κ1) is 22.7. The van der Waals surface area contributed by atoms with E-state index in [0.717, 1.165) is 5.56 Å². The number of rotatable bonds is 7. The molecule has 0 radical (unpaired) electrons. The Morgan fingerprint density at radius 2 is 1.71 bits per heavy atom. The summed E-state index contributed by atoms with van der Waals surface area (Å²) in [5.74, 6) is -0.305. The molecule has 0 saturated carbocycles. The second-order valence-electron chi connectivity index (χ2n) is 6.53. The smallest absolute Gasteiger partial charge is 0.262 e. The summed E-state index contributed by atoms with van der Waals surface area (Å²) in [4.78, 5) is 12.4. The molecule has 0 spiro atoms. The predicted octanol–water partition coefficient (Wildman–Crippen LogP) is 6.15. The van der Waals surface area contributed by atoms with Crippen LogP contribution in [0.3, 0.4) is 0 Å². The number of benzene rings is 3. The minimum absolute atomic E-state index is 0.0187. The number of nitrogens with zero attached hydrogens (tertiary/aromatic N) is 1. The van der Waals surface area contributed by atoms with Crippen LogP contribution in [-0.2, 0) is 17.9 Å². The number of ether oxygens (including phenoxy) is 1. The summed E-state index contributed by atoms with van der Waals surface area (Å²) in [5.41, 5.74) is 1.99. The van der Waals surface area contributed by atoms with Crippen LogP contribution in [0, 0.1) is 17.1 Å². The van der Waals surface area contributed by atoms with Crippen LogP contribution in [0.1, 0.15) is 16.7 Å². The molecule has 156 valence electrons. The zero-order chi connectivity index (χ0) is 22.2. The van der Waals surface area contributed by atoms with E-state index in [1.54, 1.807) is 30.3 Å². The monoisotopic (exact) mass is 542 g/mol. The first-order valence-corrected chi connectivity index (χ1v) is 10.9. The third-order valence-electron chi connectivity index (χ3n) is 4.32. The maximum atomic E-state index is 13.8. The van der Waals surface area contributed by atoms with Crippen LogP contribution in [0.25, 0.3) is 6.08 Å². The Kier molecular flexibility index (Phi) is 7.99. The Labute approximate surface area is 196 Å². The fourth-order valence-electron chi connectivity index (χ4n) is 2.75. The Bertz CT molecular complexity index is 1130. The maximum Gasteiger partial charge on any atom is 0.262 e. The fourth-order valence-corrected chi connectivity index (χ4v) is 4.21. The molecule has 1 amide bonds. The molecule has 0 heterocycles. The first-order valence-electron chi connectivity index (χ1n) is 9.27. The van der Waals surface area contributed by atoms with Gasteiger partial charge in [0.15, 0.2) is 0 Å². The summed E-state index contributed by atoms with van der Waals surface area (Å²) in [5, 5.41) is 12.2. The van der Waals surface area contributed by atoms with Crippen molar-refractivity contribution in [3.63, 3.8) is 0 Å². The van der Waals surface area contributed by atoms with Gasteiger partial charge in [0.2, 0.25) is 0 Å². The number of hydrogen-bond acceptors (Lipinski definition) is 3. The van der Waals surface area contributed by atoms with Crippen molar-refractivity contribution in [1.29, 1.82) is 5.26 Å². The van der Waals surface area contributed by atoms with Crippen molar-refractivity contribution in [2.75, 3.05) is 0 Å². The molecular formula is C24H17Br2FN2O2. The van der Waals surface area contributed by atoms with Crippen LogP contribution in [0.15, 0.2) is 81.2 Å². The zero-order valence-electron chi connectivity index (χ0n) is 16.2. The maximum absolute atomic E-state index is 13.8. The molecular weight excluding hydrogens is 527 g/mol. The topological polar surface area (TPSA) is 62.1 Å². The summed E-state index contributed by atoms with van der Waals surface area (Å²) >= 11 is 6.88. The molecule has 3 rings (SSSR count). The third kappa shape index (κ3) is 6.27. The van der Waals surface area contributed by atoms with E-state index in [1.807, 2.05) is 36.4 Å². The number of hydrogen-bond donors (Lipinski definition) is 1. The standard InChI is InChI=1S/C24H17Br2FN2O2/c25-20-11-17(10-19(13-28)24(30)29-14-16-6-2-1-3-7-16)12-21(26)23(20)31-15-18-8-4-5-9-22(18)27/h1-12H,14-15H2,(H,29,30)/b19-10-. The highest BCUT2D eigenvalue weighted by molar-refractivity contribution is 9.11. The molecule has 0 aliphatic heterocycles. The zero-order valence-corrected chi connectivity index (χ0v) is 19.4. The second-order valence-corrected chi connectivity index (χ2v) is 8.24. The molecule has 3 aromatic carbocycles. The first-order chi connectivity index (χ1) is 15.0. The van der Waals surface area contributed by atoms with Crippen molar-refractivity contribution in [2.45, 2.75) is 13.2 Å². The van der Waals surface area contributed by atoms with Gasteiger partial charge in [-0.15, -0.1) is 0 Å². The molecule has 0 saturated heterocycles. The highest BCUT2D eigenvalue weighted by Crippen LogP contribution is 2.36. The van der Waals surface area contributed by atoms with E-state index in [4.69, 9.17) is 4.74 Å². The van der Waals surface area contributed by atoms with Crippen molar-refractivity contribution in [3.05, 3.63) is 104 Å². The van der Waals surface area contributed by atoms with Crippen molar-refractivity contribution >= 4 is 43.8 Å². The molecule has 7 heteroatoms. The van der Waals surface area contributed by atoms with Gasteiger partial charge in [-0.3, -0.25) is 4.79 Å². The highest BCUT2D eigenvalue weighted by atomic mass is 79.9. The lowest BCUT2D eigenvalue weighted by molar-refractivity contribution is -0.117. The normalized spacial score (nSPS) is 11.0. The number of nitriles is 1. The van der Waals surface area contributed by atoms with Crippen LogP contribution in [0.2, 0.25) is 0 Å². The van der Waals surface area contributed by atoms with E-state index in [-0.39, 0.29) is 18.0 Å². The van der Waals surface area contributed by atoms with E-state index in [2.05, 4.69) is 37.2 Å². The summed E-state index contributed by atoms with van der Waals surface area (Å²) in [6.45, 7) is 0.388. The number of nitrogens with one attached hydrogen (secondary N) is 1. The van der Waals surface area contributed by atoms with Gasteiger partial charge < -0.3 is 10.1 Å². The molecule has 0 bridgehead atoms. The van der Waals surface area contributed by atoms with Crippen LogP contribution in [-0.4, -0.2) is 5.91 Å². The Hall–Kier alpha value is -2.95. The van der Waals surface area contributed by atoms with E-state index >= 15 is 0 Å². The lowest BCUT2D eigenvalue weighted by atomic mass is 10.1. The summed E-state index contributed by atoms with van der Waals surface area (Å²) in [6, 6.07) is 21.2. The molecule has 3 aromatic rings. The molecule has 0 fully saturated rings. The second kappa shape index (κ2) is 10.9. The average Bonchev–Trinajstić information content (AvgIpc) is 2.77. The SMILES string of the molecule is N#C/C(=C/c1cc(Br)c(OCc2ccccc2F)c(Br)c1)C(=O)NCc1ccccc1. The van der Waals surface area contributed by atoms with Crippen molar-refractivity contribution < 1.29 is 13.9 Å². The Balaban J connectivity index is 1.72. The molecule has 0 aliphatic rings. The minimum Gasteiger partial charge on any atom is -0.486 e. The number of amides is 1. The Morgan fingerprint density at radius 3 is 2.35 bits per heavy atom. The van der Waals surface area contributed by atoms with Crippen molar-refractivity contribution in [1.82, 2.24) is 5.32 Å². The average molecular weight is 544 g/mol. The summed E-state index contributed by atoms with van der Waals surface area (Å²) in [7, 11) is 0. The van der Waals surface area contributed by atoms with E-state index in [9.17, 15) is 14.4 Å². The molecule has 0 aromatic heterocycles. The van der Waals surface area contributed by atoms with E-state index in [0.29, 0.717) is 32.4 Å². The predicted molar refractivity (Wildman–Crippen MR) is 124 cm³/mol. The number of carbonyl (C=O) groups is 1. The third-order valence-corrected chi connectivity index (χ3v) is 5.50. The van der Waals surface area contributed by atoms with Crippen LogP contribution in [0.4, 0.5) is 4.39 Å². The van der Waals surface area contributed by atoms with Gasteiger partial charge >= 0.3 is 0 Å². The van der Waals surface area contributed by atoms with Crippen LogP contribution in [0.5, 0.6) is 5.75 Å². The van der Waals surface area contributed by atoms with Crippen LogP contribution >= 0.6 is 31.9 Å². The molecule has 4 nitrogen and oxygen atoms in total. The quantitative estimate of drug-likeness (QED) is 0.287. The van der Waals surface area contributed by atoms with Gasteiger partial charge in [-0.05, 0) is 67.3 Å². The largest absolute Gasteiger partial charge is 0.486 e. The van der Waals surface area contributed by atoms with Gasteiger partial charge in [-0.25, -0.2) is 4.39 Å². The molecule has 0 atom stereocenters.